The van der Waals surface area contributed by atoms with E-state index in [-0.39, 0.29) is 5.91 Å². The number of nitrogens with zero attached hydrogens (tertiary/aromatic N) is 1. The van der Waals surface area contributed by atoms with Crippen LogP contribution in [-0.2, 0) is 11.2 Å². The molecule has 0 fully saturated rings. The smallest absolute Gasteiger partial charge is 0.242 e. The van der Waals surface area contributed by atoms with Crippen molar-refractivity contribution in [2.24, 2.45) is 5.92 Å². The zero-order valence-electron chi connectivity index (χ0n) is 13.8. The minimum Gasteiger partial charge on any atom is -0.496 e. The number of hydrogen-bond donors (Lipinski definition) is 1. The van der Waals surface area contributed by atoms with Crippen LogP contribution < -0.4 is 14.8 Å². The number of carbonyl (C=O) groups excluding carboxylic acids is 1. The van der Waals surface area contributed by atoms with E-state index in [0.29, 0.717) is 24.5 Å². The van der Waals surface area contributed by atoms with E-state index in [4.69, 9.17) is 9.47 Å². The molecule has 0 saturated heterocycles. The Balaban J connectivity index is 2.05. The van der Waals surface area contributed by atoms with Gasteiger partial charge in [-0.1, -0.05) is 18.2 Å². The van der Waals surface area contributed by atoms with Crippen LogP contribution in [0.3, 0.4) is 0 Å². The van der Waals surface area contributed by atoms with Crippen LogP contribution >= 0.6 is 0 Å². The third-order valence-electron chi connectivity index (χ3n) is 3.52. The number of benzene rings is 2. The van der Waals surface area contributed by atoms with Crippen molar-refractivity contribution in [3.8, 4) is 17.6 Å². The van der Waals surface area contributed by atoms with Crippen molar-refractivity contribution in [2.75, 3.05) is 19.0 Å². The summed E-state index contributed by atoms with van der Waals surface area (Å²) in [5.41, 5.74) is 1.46. The number of para-hydroxylation sites is 1. The maximum absolute atomic E-state index is 12.4. The molecule has 124 valence electrons. The molecule has 0 aromatic heterocycles. The predicted molar refractivity (Wildman–Crippen MR) is 92.0 cm³/mol. The molecule has 1 amide bonds. The van der Waals surface area contributed by atoms with E-state index in [0.717, 1.165) is 11.3 Å². The Morgan fingerprint density at radius 3 is 2.54 bits per heavy atom. The first kappa shape index (κ1) is 17.4. The van der Waals surface area contributed by atoms with E-state index in [2.05, 4.69) is 11.4 Å². The number of ether oxygens (including phenoxy) is 2. The van der Waals surface area contributed by atoms with Crippen LogP contribution in [0.2, 0.25) is 0 Å². The molecule has 0 unspecified atom stereocenters. The average Bonchev–Trinajstić information content (AvgIpc) is 2.61. The number of nitrogens with one attached hydrogen (secondary N) is 1. The Hall–Kier alpha value is -3.00. The van der Waals surface area contributed by atoms with Crippen molar-refractivity contribution in [1.29, 1.82) is 5.26 Å². The summed E-state index contributed by atoms with van der Waals surface area (Å²) in [6.45, 7) is 2.49. The Bertz CT molecular complexity index is 720. The molecule has 2 aromatic rings. The van der Waals surface area contributed by atoms with E-state index < -0.39 is 5.92 Å². The number of nitriles is 1. The van der Waals surface area contributed by atoms with Gasteiger partial charge in [-0.3, -0.25) is 4.79 Å². The van der Waals surface area contributed by atoms with E-state index in [1.54, 1.807) is 31.4 Å². The zero-order chi connectivity index (χ0) is 17.4. The van der Waals surface area contributed by atoms with Gasteiger partial charge >= 0.3 is 0 Å². The van der Waals surface area contributed by atoms with E-state index in [9.17, 15) is 10.1 Å². The van der Waals surface area contributed by atoms with Gasteiger partial charge in [-0.2, -0.15) is 5.26 Å². The van der Waals surface area contributed by atoms with Gasteiger partial charge in [0.25, 0.3) is 0 Å². The monoisotopic (exact) mass is 324 g/mol. The number of amides is 1. The van der Waals surface area contributed by atoms with Crippen LogP contribution in [0.5, 0.6) is 11.5 Å². The van der Waals surface area contributed by atoms with Crippen LogP contribution in [0.1, 0.15) is 12.5 Å². The summed E-state index contributed by atoms with van der Waals surface area (Å²) in [5.74, 6) is 0.272. The summed E-state index contributed by atoms with van der Waals surface area (Å²) >= 11 is 0. The van der Waals surface area contributed by atoms with Crippen molar-refractivity contribution >= 4 is 11.6 Å². The summed E-state index contributed by atoms with van der Waals surface area (Å²) < 4.78 is 10.6. The molecule has 0 aliphatic heterocycles. The molecule has 0 bridgehead atoms. The standard InChI is InChI=1S/C19H20N2O3/c1-3-24-17-10-8-16(9-11-17)21-19(22)15(13-20)12-14-6-4-5-7-18(14)23-2/h4-11,15H,3,12H2,1-2H3,(H,21,22)/t15-/m0/s1. The number of rotatable bonds is 7. The SMILES string of the molecule is CCOc1ccc(NC(=O)[C@H](C#N)Cc2ccccc2OC)cc1. The van der Waals surface area contributed by atoms with Gasteiger partial charge < -0.3 is 14.8 Å². The van der Waals surface area contributed by atoms with Gasteiger partial charge in [0.15, 0.2) is 0 Å². The molecule has 0 aliphatic rings. The fourth-order valence-corrected chi connectivity index (χ4v) is 2.32. The molecule has 5 nitrogen and oxygen atoms in total. The first-order chi connectivity index (χ1) is 11.7. The van der Waals surface area contributed by atoms with Gasteiger partial charge in [0.2, 0.25) is 5.91 Å². The predicted octanol–water partition coefficient (Wildman–Crippen LogP) is 3.41. The Morgan fingerprint density at radius 1 is 1.21 bits per heavy atom. The molecule has 1 atom stereocenters. The highest BCUT2D eigenvalue weighted by atomic mass is 16.5. The molecule has 1 N–H and O–H groups in total. The van der Waals surface area contributed by atoms with Crippen LogP contribution in [0.4, 0.5) is 5.69 Å². The molecule has 0 spiro atoms. The number of hydrogen-bond acceptors (Lipinski definition) is 4. The van der Waals surface area contributed by atoms with Crippen molar-refractivity contribution in [1.82, 2.24) is 0 Å². The normalized spacial score (nSPS) is 11.2. The van der Waals surface area contributed by atoms with Gasteiger partial charge in [0, 0.05) is 12.1 Å². The third kappa shape index (κ3) is 4.50. The summed E-state index contributed by atoms with van der Waals surface area (Å²) in [6, 6.07) is 16.5. The maximum atomic E-state index is 12.4. The van der Waals surface area contributed by atoms with Crippen LogP contribution in [0, 0.1) is 17.2 Å². The largest absolute Gasteiger partial charge is 0.496 e. The highest BCUT2D eigenvalue weighted by molar-refractivity contribution is 5.94. The summed E-state index contributed by atoms with van der Waals surface area (Å²) in [6.07, 6.45) is 0.295. The molecular weight excluding hydrogens is 304 g/mol. The lowest BCUT2D eigenvalue weighted by molar-refractivity contribution is -0.118. The molecule has 2 rings (SSSR count). The minimum absolute atomic E-state index is 0.295. The summed E-state index contributed by atoms with van der Waals surface area (Å²) in [5, 5.41) is 12.1. The Morgan fingerprint density at radius 2 is 1.92 bits per heavy atom. The lowest BCUT2D eigenvalue weighted by atomic mass is 9.99. The second-order valence-corrected chi connectivity index (χ2v) is 5.14. The van der Waals surface area contributed by atoms with E-state index in [1.165, 1.54) is 0 Å². The minimum atomic E-state index is -0.798. The summed E-state index contributed by atoms with van der Waals surface area (Å²) in [7, 11) is 1.57. The van der Waals surface area contributed by atoms with Crippen LogP contribution in [0.15, 0.2) is 48.5 Å². The van der Waals surface area contributed by atoms with Gasteiger partial charge in [0.05, 0.1) is 19.8 Å². The number of carbonyl (C=O) groups is 1. The third-order valence-corrected chi connectivity index (χ3v) is 3.52. The quantitative estimate of drug-likeness (QED) is 0.847. The van der Waals surface area contributed by atoms with Crippen molar-refractivity contribution in [3.05, 3.63) is 54.1 Å². The molecule has 0 radical (unpaired) electrons. The Labute approximate surface area is 141 Å². The average molecular weight is 324 g/mol. The highest BCUT2D eigenvalue weighted by Crippen LogP contribution is 2.22. The second-order valence-electron chi connectivity index (χ2n) is 5.14. The van der Waals surface area contributed by atoms with Gasteiger partial charge in [-0.15, -0.1) is 0 Å². The number of methoxy groups -OCH3 is 1. The summed E-state index contributed by atoms with van der Waals surface area (Å²) in [4.78, 5) is 12.4. The van der Waals surface area contributed by atoms with Crippen LogP contribution in [-0.4, -0.2) is 19.6 Å². The van der Waals surface area contributed by atoms with Crippen molar-refractivity contribution in [2.45, 2.75) is 13.3 Å². The van der Waals surface area contributed by atoms with Crippen molar-refractivity contribution in [3.63, 3.8) is 0 Å². The molecular formula is C19H20N2O3. The fraction of sp³-hybridized carbons (Fsp3) is 0.263. The molecule has 24 heavy (non-hydrogen) atoms. The van der Waals surface area contributed by atoms with Crippen LogP contribution in [0.25, 0.3) is 0 Å². The molecule has 5 heteroatoms. The molecule has 0 aliphatic carbocycles. The maximum Gasteiger partial charge on any atom is 0.242 e. The second kappa shape index (κ2) is 8.59. The van der Waals surface area contributed by atoms with Gasteiger partial charge in [0.1, 0.15) is 17.4 Å². The lowest BCUT2D eigenvalue weighted by Gasteiger charge is -2.13. The topological polar surface area (TPSA) is 71.3 Å². The first-order valence-corrected chi connectivity index (χ1v) is 7.73. The zero-order valence-corrected chi connectivity index (χ0v) is 13.8. The van der Waals surface area contributed by atoms with Gasteiger partial charge in [-0.25, -0.2) is 0 Å². The lowest BCUT2D eigenvalue weighted by Crippen LogP contribution is -2.23. The first-order valence-electron chi connectivity index (χ1n) is 7.73. The molecule has 0 saturated carbocycles. The highest BCUT2D eigenvalue weighted by Gasteiger charge is 2.20. The Kier molecular flexibility index (Phi) is 6.21. The van der Waals surface area contributed by atoms with Gasteiger partial charge in [-0.05, 0) is 42.8 Å². The molecule has 2 aromatic carbocycles. The van der Waals surface area contributed by atoms with Crippen molar-refractivity contribution < 1.29 is 14.3 Å². The molecule has 0 heterocycles. The fourth-order valence-electron chi connectivity index (χ4n) is 2.32. The number of anilines is 1. The van der Waals surface area contributed by atoms with E-state index in [1.807, 2.05) is 31.2 Å². The van der Waals surface area contributed by atoms with E-state index >= 15 is 0 Å².